The molecule has 12 heavy (non-hydrogen) atoms. The van der Waals surface area contributed by atoms with Crippen LogP contribution in [0, 0.1) is 5.41 Å². The number of nitrogens with one attached hydrogen (secondary N) is 1. The summed E-state index contributed by atoms with van der Waals surface area (Å²) in [5.74, 6) is 0. The zero-order valence-corrected chi connectivity index (χ0v) is 8.37. The predicted octanol–water partition coefficient (Wildman–Crippen LogP) is -2.36. The average Bonchev–Trinajstić information content (AvgIpc) is 2.07. The van der Waals surface area contributed by atoms with Gasteiger partial charge in [0.25, 0.3) is 0 Å². The van der Waals surface area contributed by atoms with Crippen LogP contribution in [-0.4, -0.2) is 19.6 Å². The van der Waals surface area contributed by atoms with Crippen LogP contribution >= 0.6 is 0 Å². The molecule has 3 aliphatic rings. The highest BCUT2D eigenvalue weighted by molar-refractivity contribution is 4.89. The summed E-state index contributed by atoms with van der Waals surface area (Å²) in [7, 11) is 0. The maximum Gasteiger partial charge on any atom is 0.0776 e. The summed E-state index contributed by atoms with van der Waals surface area (Å²) in [6.45, 7) is 8.13. The zero-order chi connectivity index (χ0) is 7.73. The molecule has 0 saturated carbocycles. The van der Waals surface area contributed by atoms with Crippen molar-refractivity contribution in [3.63, 3.8) is 0 Å². The number of rotatable bonds is 2. The Morgan fingerprint density at radius 3 is 2.08 bits per heavy atom. The first-order valence-corrected chi connectivity index (χ1v) is 4.79. The molecule has 3 aliphatic heterocycles. The van der Waals surface area contributed by atoms with Crippen LogP contribution in [0.15, 0.2) is 12.7 Å². The van der Waals surface area contributed by atoms with Crippen LogP contribution in [-0.2, 0) is 0 Å². The fourth-order valence-corrected chi connectivity index (χ4v) is 2.69. The number of allylic oxidation sites excluding steroid dienone is 1. The molecule has 0 amide bonds. The summed E-state index contributed by atoms with van der Waals surface area (Å²) in [5, 5.41) is 0. The van der Waals surface area contributed by atoms with Crippen molar-refractivity contribution in [2.45, 2.75) is 25.7 Å². The lowest BCUT2D eigenvalue weighted by Crippen LogP contribution is -3.15. The molecule has 3 rings (SSSR count). The van der Waals surface area contributed by atoms with Gasteiger partial charge in [-0.25, -0.2) is 0 Å². The Hall–Kier alpha value is -0.0100. The van der Waals surface area contributed by atoms with Crippen molar-refractivity contribution in [1.82, 2.24) is 0 Å². The molecule has 0 aromatic rings. The number of quaternary nitrogens is 1. The number of halogens is 1. The van der Waals surface area contributed by atoms with Crippen LogP contribution in [0.1, 0.15) is 25.7 Å². The summed E-state index contributed by atoms with van der Waals surface area (Å²) in [4.78, 5) is 1.84. The van der Waals surface area contributed by atoms with Gasteiger partial charge in [-0.05, 0) is 11.8 Å². The highest BCUT2D eigenvalue weighted by Crippen LogP contribution is 2.37. The summed E-state index contributed by atoms with van der Waals surface area (Å²) >= 11 is 0. The smallest absolute Gasteiger partial charge is 0.0776 e. The molecule has 0 radical (unpaired) electrons. The molecule has 3 heterocycles. The van der Waals surface area contributed by atoms with Crippen LogP contribution in [0.5, 0.6) is 0 Å². The third kappa shape index (κ3) is 1.67. The van der Waals surface area contributed by atoms with Gasteiger partial charge >= 0.3 is 0 Å². The van der Waals surface area contributed by atoms with Gasteiger partial charge in [-0.15, -0.1) is 6.58 Å². The Kier molecular flexibility index (Phi) is 3.19. The third-order valence-corrected chi connectivity index (χ3v) is 3.60. The molecule has 70 valence electrons. The predicted molar refractivity (Wildman–Crippen MR) is 46.7 cm³/mol. The highest BCUT2D eigenvalue weighted by Gasteiger charge is 2.40. The Labute approximate surface area is 81.2 Å². The molecule has 1 N–H and O–H groups in total. The van der Waals surface area contributed by atoms with Gasteiger partial charge in [0.05, 0.1) is 19.6 Å². The van der Waals surface area contributed by atoms with Crippen molar-refractivity contribution in [1.29, 1.82) is 0 Å². The van der Waals surface area contributed by atoms with E-state index in [4.69, 9.17) is 0 Å². The van der Waals surface area contributed by atoms with Crippen molar-refractivity contribution >= 4 is 0 Å². The van der Waals surface area contributed by atoms with Crippen LogP contribution in [0.4, 0.5) is 0 Å². The second-order valence-corrected chi connectivity index (χ2v) is 4.24. The monoisotopic (exact) mass is 187 g/mol. The molecular formula is C10H18ClN. The van der Waals surface area contributed by atoms with Gasteiger partial charge in [0.15, 0.2) is 0 Å². The van der Waals surface area contributed by atoms with E-state index in [0.29, 0.717) is 5.41 Å². The standard InChI is InChI=1S/C10H17N.ClH/c1-2-3-10-4-7-11(8-5-10)9-6-10;/h2H,1,3-9H2;1H. The number of hydrogen-bond donors (Lipinski definition) is 1. The van der Waals surface area contributed by atoms with Crippen molar-refractivity contribution in [3.8, 4) is 0 Å². The molecule has 3 fully saturated rings. The second kappa shape index (κ2) is 3.80. The maximum absolute atomic E-state index is 3.86. The van der Waals surface area contributed by atoms with Gasteiger partial charge in [0.1, 0.15) is 0 Å². The minimum Gasteiger partial charge on any atom is -1.00 e. The van der Waals surface area contributed by atoms with E-state index < -0.39 is 0 Å². The molecule has 0 aromatic carbocycles. The summed E-state index contributed by atoms with van der Waals surface area (Å²) in [5.41, 5.74) is 0.698. The van der Waals surface area contributed by atoms with Gasteiger partial charge in [0, 0.05) is 19.3 Å². The quantitative estimate of drug-likeness (QED) is 0.462. The minimum absolute atomic E-state index is 0. The topological polar surface area (TPSA) is 4.44 Å². The molecule has 3 saturated heterocycles. The fourth-order valence-electron chi connectivity index (χ4n) is 2.69. The van der Waals surface area contributed by atoms with E-state index in [-0.39, 0.29) is 12.4 Å². The highest BCUT2D eigenvalue weighted by atomic mass is 35.5. The SMILES string of the molecule is C=CCC12CC[NH+](CC1)CC2.[Cl-]. The first-order chi connectivity index (χ1) is 5.35. The Balaban J connectivity index is 0.000000720. The molecule has 2 heteroatoms. The van der Waals surface area contributed by atoms with Gasteiger partial charge in [0.2, 0.25) is 0 Å². The largest absolute Gasteiger partial charge is 1.00 e. The summed E-state index contributed by atoms with van der Waals surface area (Å²) in [6.07, 6.45) is 7.74. The van der Waals surface area contributed by atoms with Gasteiger partial charge in [-0.1, -0.05) is 6.08 Å². The minimum atomic E-state index is 0. The van der Waals surface area contributed by atoms with E-state index in [1.807, 2.05) is 4.90 Å². The van der Waals surface area contributed by atoms with Crippen molar-refractivity contribution in [2.75, 3.05) is 19.6 Å². The molecule has 0 unspecified atom stereocenters. The average molecular weight is 188 g/mol. The second-order valence-electron chi connectivity index (χ2n) is 4.24. The lowest BCUT2D eigenvalue weighted by molar-refractivity contribution is -0.919. The van der Waals surface area contributed by atoms with Crippen molar-refractivity contribution < 1.29 is 17.3 Å². The Bertz CT molecular complexity index is 145. The van der Waals surface area contributed by atoms with Gasteiger partial charge < -0.3 is 17.3 Å². The third-order valence-electron chi connectivity index (χ3n) is 3.60. The van der Waals surface area contributed by atoms with E-state index in [1.165, 1.54) is 45.3 Å². The molecule has 1 nitrogen and oxygen atoms in total. The number of hydrogen-bond acceptors (Lipinski definition) is 0. The molecule has 0 spiro atoms. The Morgan fingerprint density at radius 1 is 1.17 bits per heavy atom. The maximum atomic E-state index is 3.86. The first-order valence-electron chi connectivity index (χ1n) is 4.79. The lowest BCUT2D eigenvalue weighted by atomic mass is 9.70. The summed E-state index contributed by atoms with van der Waals surface area (Å²) in [6, 6.07) is 0. The van der Waals surface area contributed by atoms with Gasteiger partial charge in [-0.2, -0.15) is 0 Å². The molecule has 0 atom stereocenters. The van der Waals surface area contributed by atoms with Crippen LogP contribution < -0.4 is 17.3 Å². The van der Waals surface area contributed by atoms with E-state index in [2.05, 4.69) is 12.7 Å². The zero-order valence-electron chi connectivity index (χ0n) is 7.61. The molecule has 0 aromatic heterocycles. The molecular weight excluding hydrogens is 170 g/mol. The first kappa shape index (κ1) is 10.1. The van der Waals surface area contributed by atoms with Crippen molar-refractivity contribution in [3.05, 3.63) is 12.7 Å². The van der Waals surface area contributed by atoms with Gasteiger partial charge in [-0.3, -0.25) is 0 Å². The van der Waals surface area contributed by atoms with Crippen LogP contribution in [0.25, 0.3) is 0 Å². The summed E-state index contributed by atoms with van der Waals surface area (Å²) < 4.78 is 0. The van der Waals surface area contributed by atoms with E-state index in [9.17, 15) is 0 Å². The van der Waals surface area contributed by atoms with E-state index >= 15 is 0 Å². The molecule has 0 aliphatic carbocycles. The van der Waals surface area contributed by atoms with Crippen molar-refractivity contribution in [2.24, 2.45) is 5.41 Å². The fraction of sp³-hybridized carbons (Fsp3) is 0.800. The van der Waals surface area contributed by atoms with Crippen LogP contribution in [0.3, 0.4) is 0 Å². The lowest BCUT2D eigenvalue weighted by Gasteiger charge is -2.45. The Morgan fingerprint density at radius 2 is 1.67 bits per heavy atom. The van der Waals surface area contributed by atoms with E-state index in [1.54, 1.807) is 0 Å². The number of fused-ring (bicyclic) bond motifs is 3. The van der Waals surface area contributed by atoms with Crippen LogP contribution in [0.2, 0.25) is 0 Å². The van der Waals surface area contributed by atoms with E-state index in [0.717, 1.165) is 0 Å². The number of piperidine rings is 3. The normalized spacial score (nSPS) is 38.8. The molecule has 2 bridgehead atoms.